The minimum absolute atomic E-state index is 0.750. The molecular formula is C6H12N2. The van der Waals surface area contributed by atoms with Crippen LogP contribution in [0.5, 0.6) is 0 Å². The van der Waals surface area contributed by atoms with Crippen LogP contribution in [0.2, 0.25) is 0 Å². The van der Waals surface area contributed by atoms with Crippen LogP contribution >= 0.6 is 0 Å². The van der Waals surface area contributed by atoms with Gasteiger partial charge in [0.05, 0.1) is 12.2 Å². The van der Waals surface area contributed by atoms with Crippen molar-refractivity contribution in [3.05, 3.63) is 0 Å². The molecule has 3 unspecified atom stereocenters. The van der Waals surface area contributed by atoms with Crippen LogP contribution in [0.15, 0.2) is 0 Å². The summed E-state index contributed by atoms with van der Waals surface area (Å²) in [6.07, 6.45) is 0.773. The maximum absolute atomic E-state index is 3.34. The predicted octanol–water partition coefficient (Wildman–Crippen LogP) is 0.00830. The van der Waals surface area contributed by atoms with Crippen LogP contribution < -0.4 is 5.32 Å². The molecule has 1 N–H and O–H groups in total. The Labute approximate surface area is 49.9 Å². The molecule has 2 nitrogen and oxygen atoms in total. The number of hydrogen-bond acceptors (Lipinski definition) is 2. The van der Waals surface area contributed by atoms with Gasteiger partial charge in [-0.15, -0.1) is 0 Å². The molecule has 8 heavy (non-hydrogen) atoms. The van der Waals surface area contributed by atoms with Gasteiger partial charge in [-0.1, -0.05) is 0 Å². The molecule has 0 aromatic heterocycles. The molecule has 0 aliphatic carbocycles. The van der Waals surface area contributed by atoms with Gasteiger partial charge < -0.3 is 0 Å². The molecule has 2 heterocycles. The first-order valence-electron chi connectivity index (χ1n) is 3.31. The minimum atomic E-state index is 0.750. The summed E-state index contributed by atoms with van der Waals surface area (Å²) in [5.74, 6) is 0. The Hall–Kier alpha value is -0.0800. The van der Waals surface area contributed by atoms with E-state index >= 15 is 0 Å². The van der Waals surface area contributed by atoms with Crippen LogP contribution in [0.1, 0.15) is 13.8 Å². The quantitative estimate of drug-likeness (QED) is 0.480. The first-order chi connectivity index (χ1) is 3.80. The zero-order valence-corrected chi connectivity index (χ0v) is 5.39. The molecule has 0 spiro atoms. The van der Waals surface area contributed by atoms with Crippen molar-refractivity contribution in [3.8, 4) is 0 Å². The highest BCUT2D eigenvalue weighted by atomic mass is 15.5. The van der Waals surface area contributed by atoms with E-state index in [2.05, 4.69) is 24.1 Å². The average molecular weight is 112 g/mol. The molecule has 3 atom stereocenters. The van der Waals surface area contributed by atoms with Gasteiger partial charge in [-0.05, 0) is 13.8 Å². The Morgan fingerprint density at radius 3 is 2.38 bits per heavy atom. The van der Waals surface area contributed by atoms with Gasteiger partial charge in [-0.2, -0.15) is 0 Å². The topological polar surface area (TPSA) is 15.0 Å². The molecule has 2 aliphatic heterocycles. The molecule has 46 valence electrons. The van der Waals surface area contributed by atoms with E-state index in [0.29, 0.717) is 0 Å². The summed E-state index contributed by atoms with van der Waals surface area (Å²) in [6, 6.07) is 1.66. The van der Waals surface area contributed by atoms with Gasteiger partial charge in [0.1, 0.15) is 0 Å². The summed E-state index contributed by atoms with van der Waals surface area (Å²) >= 11 is 0. The smallest absolute Gasteiger partial charge is 0.0777 e. The Morgan fingerprint density at radius 2 is 2.25 bits per heavy atom. The standard InChI is InChI=1S/C6H12N2/c1-4(2)8-5-3-7-6(5)8/h4-7H,3H2,1-2H3. The molecule has 0 saturated carbocycles. The van der Waals surface area contributed by atoms with Gasteiger partial charge in [-0.3, -0.25) is 10.2 Å². The number of nitrogens with zero attached hydrogens (tertiary/aromatic N) is 1. The molecule has 0 aromatic rings. The van der Waals surface area contributed by atoms with Crippen LogP contribution in [0.3, 0.4) is 0 Å². The third kappa shape index (κ3) is 0.400. The molecule has 0 radical (unpaired) electrons. The summed E-state index contributed by atoms with van der Waals surface area (Å²) in [5, 5.41) is 3.34. The zero-order valence-electron chi connectivity index (χ0n) is 5.39. The average Bonchev–Trinajstić information content (AvgIpc) is 2.07. The van der Waals surface area contributed by atoms with Crippen molar-refractivity contribution in [1.82, 2.24) is 10.2 Å². The molecule has 2 fully saturated rings. The van der Waals surface area contributed by atoms with Crippen molar-refractivity contribution in [2.45, 2.75) is 32.1 Å². The van der Waals surface area contributed by atoms with Crippen molar-refractivity contribution < 1.29 is 0 Å². The van der Waals surface area contributed by atoms with Gasteiger partial charge in [0.2, 0.25) is 0 Å². The molecule has 2 rings (SSSR count). The van der Waals surface area contributed by atoms with Crippen molar-refractivity contribution in [2.75, 3.05) is 6.54 Å². The highest BCUT2D eigenvalue weighted by Crippen LogP contribution is 2.34. The Bertz CT molecular complexity index is 98.3. The second-order valence-corrected chi connectivity index (χ2v) is 2.96. The summed E-state index contributed by atoms with van der Waals surface area (Å²) in [4.78, 5) is 2.50. The highest BCUT2D eigenvalue weighted by molar-refractivity contribution is 5.11. The Morgan fingerprint density at radius 1 is 1.62 bits per heavy atom. The number of nitrogens with one attached hydrogen (secondary N) is 1. The van der Waals surface area contributed by atoms with E-state index in [1.807, 2.05) is 0 Å². The van der Waals surface area contributed by atoms with E-state index in [-0.39, 0.29) is 0 Å². The van der Waals surface area contributed by atoms with Crippen molar-refractivity contribution >= 4 is 0 Å². The summed E-state index contributed by atoms with van der Waals surface area (Å²) < 4.78 is 0. The first-order valence-corrected chi connectivity index (χ1v) is 3.31. The number of fused-ring (bicyclic) bond motifs is 1. The third-order valence-electron chi connectivity index (χ3n) is 2.11. The highest BCUT2D eigenvalue weighted by Gasteiger charge is 2.55. The van der Waals surface area contributed by atoms with Gasteiger partial charge in [0.25, 0.3) is 0 Å². The van der Waals surface area contributed by atoms with Crippen molar-refractivity contribution in [1.29, 1.82) is 0 Å². The normalized spacial score (nSPS) is 50.6. The van der Waals surface area contributed by atoms with Crippen molar-refractivity contribution in [3.63, 3.8) is 0 Å². The van der Waals surface area contributed by atoms with E-state index in [1.54, 1.807) is 0 Å². The maximum atomic E-state index is 3.34. The monoisotopic (exact) mass is 112 g/mol. The fourth-order valence-corrected chi connectivity index (χ4v) is 1.54. The zero-order chi connectivity index (χ0) is 5.72. The van der Waals surface area contributed by atoms with Crippen LogP contribution in [-0.4, -0.2) is 29.7 Å². The van der Waals surface area contributed by atoms with Crippen LogP contribution in [0, 0.1) is 0 Å². The molecule has 2 aliphatic rings. The van der Waals surface area contributed by atoms with Gasteiger partial charge >= 0.3 is 0 Å². The molecule has 0 aromatic carbocycles. The lowest BCUT2D eigenvalue weighted by Crippen LogP contribution is -2.35. The lowest BCUT2D eigenvalue weighted by atomic mass is 10.3. The lowest BCUT2D eigenvalue weighted by Gasteiger charge is -2.05. The van der Waals surface area contributed by atoms with Crippen LogP contribution in [0.25, 0.3) is 0 Å². The van der Waals surface area contributed by atoms with E-state index in [4.69, 9.17) is 0 Å². The lowest BCUT2D eigenvalue weighted by molar-refractivity contribution is 0.421. The molecule has 0 bridgehead atoms. The first kappa shape index (κ1) is 4.77. The van der Waals surface area contributed by atoms with Gasteiger partial charge in [-0.25, -0.2) is 0 Å². The third-order valence-corrected chi connectivity index (χ3v) is 2.11. The summed E-state index contributed by atoms with van der Waals surface area (Å²) in [6.45, 7) is 5.73. The Kier molecular flexibility index (Phi) is 0.746. The maximum Gasteiger partial charge on any atom is 0.0777 e. The molecular weight excluding hydrogens is 100 g/mol. The minimum Gasteiger partial charge on any atom is -0.299 e. The van der Waals surface area contributed by atoms with E-state index in [9.17, 15) is 0 Å². The molecule has 2 heteroatoms. The fraction of sp³-hybridized carbons (Fsp3) is 1.00. The SMILES string of the molecule is CC(C)N1C2CNC21. The number of hydrogen-bond donors (Lipinski definition) is 1. The van der Waals surface area contributed by atoms with E-state index in [1.165, 1.54) is 6.54 Å². The number of rotatable bonds is 1. The largest absolute Gasteiger partial charge is 0.299 e. The summed E-state index contributed by atoms with van der Waals surface area (Å²) in [7, 11) is 0. The second kappa shape index (κ2) is 1.25. The van der Waals surface area contributed by atoms with Gasteiger partial charge in [0, 0.05) is 12.6 Å². The van der Waals surface area contributed by atoms with Gasteiger partial charge in [0.15, 0.2) is 0 Å². The Balaban J connectivity index is 1.95. The second-order valence-electron chi connectivity index (χ2n) is 2.96. The van der Waals surface area contributed by atoms with Crippen molar-refractivity contribution in [2.24, 2.45) is 0 Å². The molecule has 0 amide bonds. The fourth-order valence-electron chi connectivity index (χ4n) is 1.54. The van der Waals surface area contributed by atoms with Crippen LogP contribution in [0.4, 0.5) is 0 Å². The van der Waals surface area contributed by atoms with Crippen LogP contribution in [-0.2, 0) is 0 Å². The summed E-state index contributed by atoms with van der Waals surface area (Å²) in [5.41, 5.74) is 0. The predicted molar refractivity (Wildman–Crippen MR) is 32.6 cm³/mol. The van der Waals surface area contributed by atoms with E-state index in [0.717, 1.165) is 18.2 Å². The van der Waals surface area contributed by atoms with E-state index < -0.39 is 0 Å². The molecule has 2 saturated heterocycles.